The van der Waals surface area contributed by atoms with E-state index in [4.69, 9.17) is 0 Å². The van der Waals surface area contributed by atoms with E-state index in [0.29, 0.717) is 6.67 Å². The third-order valence-electron chi connectivity index (χ3n) is 3.81. The molecule has 2 aliphatic heterocycles. The molecule has 2 heterocycles. The van der Waals surface area contributed by atoms with E-state index in [1.165, 1.54) is 37.2 Å². The summed E-state index contributed by atoms with van der Waals surface area (Å²) in [6.45, 7) is 1.71. The Hall–Kier alpha value is -1.94. The number of hydrazine groups is 1. The van der Waals surface area contributed by atoms with Gasteiger partial charge in [-0.3, -0.25) is 0 Å². The minimum absolute atomic E-state index is 0.609. The van der Waals surface area contributed by atoms with Crippen molar-refractivity contribution >= 4 is 18.8 Å². The SMILES string of the molecule is FC(F)(F)c1ccc(N2C[N+]3=C(CCCCC3)N2)cc1.F[B-](F)(F)F. The van der Waals surface area contributed by atoms with Crippen LogP contribution in [0.25, 0.3) is 0 Å². The number of nitrogens with one attached hydrogen (secondary N) is 1. The van der Waals surface area contributed by atoms with Crippen molar-refractivity contribution < 1.29 is 35.0 Å². The molecule has 140 valence electrons. The molecule has 0 saturated carbocycles. The van der Waals surface area contributed by atoms with Crippen LogP contribution < -0.4 is 10.4 Å². The molecule has 0 spiro atoms. The summed E-state index contributed by atoms with van der Waals surface area (Å²) in [6.07, 6.45) is 0.311. The fourth-order valence-corrected chi connectivity index (χ4v) is 2.69. The second kappa shape index (κ2) is 7.53. The highest BCUT2D eigenvalue weighted by atomic mass is 19.5. The molecule has 0 atom stereocenters. The summed E-state index contributed by atoms with van der Waals surface area (Å²) in [7, 11) is -6.00. The van der Waals surface area contributed by atoms with Gasteiger partial charge in [-0.05, 0) is 43.5 Å². The van der Waals surface area contributed by atoms with Crippen LogP contribution in [0.15, 0.2) is 24.3 Å². The maximum absolute atomic E-state index is 12.5. The van der Waals surface area contributed by atoms with Gasteiger partial charge < -0.3 is 17.3 Å². The van der Waals surface area contributed by atoms with Gasteiger partial charge in [0.05, 0.1) is 24.2 Å². The highest BCUT2D eigenvalue weighted by Crippen LogP contribution is 2.30. The van der Waals surface area contributed by atoms with Gasteiger partial charge >= 0.3 is 13.4 Å². The lowest BCUT2D eigenvalue weighted by atomic mass is 10.2. The summed E-state index contributed by atoms with van der Waals surface area (Å²) in [5.41, 5.74) is 3.46. The van der Waals surface area contributed by atoms with Crippen LogP contribution in [-0.4, -0.2) is 30.9 Å². The molecular weight excluding hydrogens is 354 g/mol. The normalized spacial score (nSPS) is 18.1. The van der Waals surface area contributed by atoms with Crippen molar-refractivity contribution in [3.63, 3.8) is 0 Å². The Kier molecular flexibility index (Phi) is 5.84. The standard InChI is InChI=1S/C14H16F3N3.BF4/c15-14(16,17)11-5-7-12(8-6-11)20-10-19-9-3-1-2-4-13(19)18-20;2-1(3,4)5/h5-8H,1-4,9-10H2;/q;-1/p+1. The maximum atomic E-state index is 12.5. The first-order chi connectivity index (χ1) is 11.5. The van der Waals surface area contributed by atoms with Crippen LogP contribution in [0.1, 0.15) is 31.2 Å². The fraction of sp³-hybridized carbons (Fsp3) is 0.500. The Bertz CT molecular complexity index is 586. The topological polar surface area (TPSA) is 18.3 Å². The first-order valence-electron chi connectivity index (χ1n) is 7.73. The van der Waals surface area contributed by atoms with Gasteiger partial charge in [-0.15, -0.1) is 0 Å². The van der Waals surface area contributed by atoms with Crippen LogP contribution in [0.2, 0.25) is 0 Å². The van der Waals surface area contributed by atoms with Gasteiger partial charge in [-0.25, -0.2) is 4.58 Å². The highest BCUT2D eigenvalue weighted by Gasteiger charge is 2.32. The van der Waals surface area contributed by atoms with Crippen LogP contribution in [0, 0.1) is 0 Å². The van der Waals surface area contributed by atoms with Gasteiger partial charge in [0.1, 0.15) is 0 Å². The average molecular weight is 371 g/mol. The summed E-state index contributed by atoms with van der Waals surface area (Å²) in [4.78, 5) is 0. The number of amidine groups is 1. The van der Waals surface area contributed by atoms with Gasteiger partial charge in [0.15, 0.2) is 6.67 Å². The van der Waals surface area contributed by atoms with Crippen LogP contribution in [0.5, 0.6) is 0 Å². The molecule has 0 unspecified atom stereocenters. The van der Waals surface area contributed by atoms with Crippen molar-refractivity contribution in [1.29, 1.82) is 0 Å². The number of alkyl halides is 3. The van der Waals surface area contributed by atoms with Crippen molar-refractivity contribution in [2.45, 2.75) is 31.9 Å². The molecule has 0 aliphatic carbocycles. The highest BCUT2D eigenvalue weighted by molar-refractivity contribution is 6.50. The zero-order valence-corrected chi connectivity index (χ0v) is 13.2. The van der Waals surface area contributed by atoms with Crippen LogP contribution in [0.4, 0.5) is 36.1 Å². The molecule has 0 saturated heterocycles. The van der Waals surface area contributed by atoms with Crippen molar-refractivity contribution in [2.24, 2.45) is 0 Å². The van der Waals surface area contributed by atoms with Gasteiger partial charge in [0.2, 0.25) is 0 Å². The average Bonchev–Trinajstić information content (AvgIpc) is 2.76. The number of hydrogen-bond donors (Lipinski definition) is 1. The predicted molar refractivity (Wildman–Crippen MR) is 80.7 cm³/mol. The summed E-state index contributed by atoms with van der Waals surface area (Å²) in [5.74, 6) is 1.18. The molecule has 3 nitrogen and oxygen atoms in total. The molecule has 25 heavy (non-hydrogen) atoms. The third kappa shape index (κ3) is 6.13. The Morgan fingerprint density at radius 2 is 1.56 bits per heavy atom. The van der Waals surface area contributed by atoms with E-state index in [-0.39, 0.29) is 0 Å². The van der Waals surface area contributed by atoms with Crippen LogP contribution >= 0.6 is 0 Å². The van der Waals surface area contributed by atoms with E-state index in [0.717, 1.165) is 30.8 Å². The number of anilines is 1. The van der Waals surface area contributed by atoms with Crippen molar-refractivity contribution in [2.75, 3.05) is 18.2 Å². The zero-order chi connectivity index (χ0) is 18.7. The molecule has 1 aromatic carbocycles. The molecule has 0 bridgehead atoms. The van der Waals surface area contributed by atoms with Gasteiger partial charge in [0, 0.05) is 0 Å². The maximum Gasteiger partial charge on any atom is 0.673 e. The zero-order valence-electron chi connectivity index (χ0n) is 13.2. The summed E-state index contributed by atoms with van der Waals surface area (Å²) < 4.78 is 78.9. The quantitative estimate of drug-likeness (QED) is 0.452. The van der Waals surface area contributed by atoms with E-state index >= 15 is 0 Å². The van der Waals surface area contributed by atoms with E-state index in [1.54, 1.807) is 0 Å². The monoisotopic (exact) mass is 371 g/mol. The molecular formula is C14H17BF7N3. The lowest BCUT2D eigenvalue weighted by Gasteiger charge is -2.14. The van der Waals surface area contributed by atoms with Crippen molar-refractivity contribution in [1.82, 2.24) is 5.43 Å². The second-order valence-electron chi connectivity index (χ2n) is 5.74. The van der Waals surface area contributed by atoms with E-state index < -0.39 is 19.0 Å². The number of halogens is 7. The van der Waals surface area contributed by atoms with Crippen LogP contribution in [-0.2, 0) is 6.18 Å². The minimum atomic E-state index is -6.00. The molecule has 2 aliphatic rings. The smallest absolute Gasteiger partial charge is 0.418 e. The van der Waals surface area contributed by atoms with E-state index in [1.807, 2.05) is 5.01 Å². The first-order valence-corrected chi connectivity index (χ1v) is 7.73. The molecule has 3 rings (SSSR count). The number of benzene rings is 1. The number of hydrogen-bond acceptors (Lipinski definition) is 2. The lowest BCUT2D eigenvalue weighted by Crippen LogP contribution is -2.36. The minimum Gasteiger partial charge on any atom is -0.418 e. The first kappa shape index (κ1) is 19.4. The number of rotatable bonds is 1. The van der Waals surface area contributed by atoms with Gasteiger partial charge in [0.25, 0.3) is 5.84 Å². The Morgan fingerprint density at radius 3 is 2.12 bits per heavy atom. The molecule has 0 aromatic heterocycles. The lowest BCUT2D eigenvalue weighted by molar-refractivity contribution is -0.519. The fourth-order valence-electron chi connectivity index (χ4n) is 2.69. The largest absolute Gasteiger partial charge is 0.673 e. The molecule has 0 amide bonds. The Morgan fingerprint density at radius 1 is 0.960 bits per heavy atom. The Balaban J connectivity index is 0.000000399. The Labute approximate surface area is 140 Å². The third-order valence-corrected chi connectivity index (χ3v) is 3.81. The molecule has 11 heteroatoms. The summed E-state index contributed by atoms with van der Waals surface area (Å²) >= 11 is 0. The second-order valence-corrected chi connectivity index (χ2v) is 5.74. The van der Waals surface area contributed by atoms with Crippen molar-refractivity contribution in [3.05, 3.63) is 29.8 Å². The van der Waals surface area contributed by atoms with E-state index in [2.05, 4.69) is 10.0 Å². The van der Waals surface area contributed by atoms with Crippen LogP contribution in [0.3, 0.4) is 0 Å². The van der Waals surface area contributed by atoms with Gasteiger partial charge in [-0.2, -0.15) is 23.6 Å². The van der Waals surface area contributed by atoms with Gasteiger partial charge in [-0.1, -0.05) is 0 Å². The van der Waals surface area contributed by atoms with Crippen molar-refractivity contribution in [3.8, 4) is 0 Å². The summed E-state index contributed by atoms with van der Waals surface area (Å²) in [6, 6.07) is 5.29. The molecule has 1 N–H and O–H groups in total. The number of nitrogens with zero attached hydrogens (tertiary/aromatic N) is 2. The molecule has 0 radical (unpaired) electrons. The predicted octanol–water partition coefficient (Wildman–Crippen LogP) is 4.27. The molecule has 1 aromatic rings. The summed E-state index contributed by atoms with van der Waals surface area (Å²) in [5, 5.41) is 1.90. The van der Waals surface area contributed by atoms with E-state index in [9.17, 15) is 30.4 Å². The molecule has 0 fully saturated rings.